The molecule has 2 aromatic carbocycles. The van der Waals surface area contributed by atoms with Crippen LogP contribution in [0.15, 0.2) is 42.5 Å². The van der Waals surface area contributed by atoms with Crippen molar-refractivity contribution in [2.24, 2.45) is 0 Å². The third kappa shape index (κ3) is 3.30. The number of fused-ring (bicyclic) bond motifs is 3. The van der Waals surface area contributed by atoms with Crippen molar-refractivity contribution in [3.8, 4) is 11.5 Å². The van der Waals surface area contributed by atoms with Crippen LogP contribution < -0.4 is 9.47 Å². The molecule has 2 aromatic rings. The van der Waals surface area contributed by atoms with Crippen LogP contribution >= 0.6 is 0 Å². The second kappa shape index (κ2) is 7.67. The fraction of sp³-hybridized carbons (Fsp3) is 0.417. The van der Waals surface area contributed by atoms with E-state index in [9.17, 15) is 9.59 Å². The van der Waals surface area contributed by atoms with Crippen LogP contribution in [0.5, 0.6) is 11.5 Å². The highest BCUT2D eigenvalue weighted by Gasteiger charge is 2.43. The van der Waals surface area contributed by atoms with Gasteiger partial charge >= 0.3 is 5.97 Å². The number of hydrogen-bond donors (Lipinski definition) is 0. The molecule has 3 atom stereocenters. The molecule has 6 nitrogen and oxygen atoms in total. The third-order valence-corrected chi connectivity index (χ3v) is 6.56. The highest BCUT2D eigenvalue weighted by molar-refractivity contribution is 5.95. The Labute approximate surface area is 175 Å². The predicted octanol–water partition coefficient (Wildman–Crippen LogP) is 3.80. The Kier molecular flexibility index (Phi) is 4.85. The summed E-state index contributed by atoms with van der Waals surface area (Å²) >= 11 is 0. The molecule has 3 heterocycles. The molecule has 5 rings (SSSR count). The second-order valence-electron chi connectivity index (χ2n) is 8.24. The van der Waals surface area contributed by atoms with Crippen molar-refractivity contribution in [2.75, 3.05) is 20.3 Å². The zero-order valence-electron chi connectivity index (χ0n) is 17.0. The van der Waals surface area contributed by atoms with Gasteiger partial charge in [-0.25, -0.2) is 4.79 Å². The molecule has 0 saturated carbocycles. The van der Waals surface area contributed by atoms with Crippen LogP contribution in [0.2, 0.25) is 0 Å². The zero-order valence-corrected chi connectivity index (χ0v) is 17.0. The largest absolute Gasteiger partial charge is 0.486 e. The summed E-state index contributed by atoms with van der Waals surface area (Å²) in [5.74, 6) is 1.52. The van der Waals surface area contributed by atoms with Gasteiger partial charge in [-0.2, -0.15) is 0 Å². The summed E-state index contributed by atoms with van der Waals surface area (Å²) in [5.41, 5.74) is 2.46. The maximum Gasteiger partial charge on any atom is 0.337 e. The van der Waals surface area contributed by atoms with E-state index in [1.807, 2.05) is 42.5 Å². The molecule has 3 aliphatic heterocycles. The van der Waals surface area contributed by atoms with Gasteiger partial charge in [0.1, 0.15) is 13.2 Å². The van der Waals surface area contributed by atoms with E-state index in [1.165, 1.54) is 12.7 Å². The molecule has 6 heteroatoms. The van der Waals surface area contributed by atoms with E-state index in [1.54, 1.807) is 0 Å². The van der Waals surface area contributed by atoms with Gasteiger partial charge in [0.25, 0.3) is 5.91 Å². The second-order valence-corrected chi connectivity index (χ2v) is 8.24. The maximum absolute atomic E-state index is 13.3. The van der Waals surface area contributed by atoms with Crippen molar-refractivity contribution in [3.05, 3.63) is 59.2 Å². The molecule has 0 aliphatic carbocycles. The predicted molar refractivity (Wildman–Crippen MR) is 110 cm³/mol. The van der Waals surface area contributed by atoms with Gasteiger partial charge < -0.3 is 19.1 Å². The number of methoxy groups -OCH3 is 1. The Morgan fingerprint density at radius 1 is 0.900 bits per heavy atom. The van der Waals surface area contributed by atoms with E-state index in [4.69, 9.17) is 14.2 Å². The Morgan fingerprint density at radius 3 is 2.20 bits per heavy atom. The number of esters is 1. The lowest BCUT2D eigenvalue weighted by molar-refractivity contribution is 0.0567. The summed E-state index contributed by atoms with van der Waals surface area (Å²) in [6.45, 7) is 1.05. The molecule has 1 unspecified atom stereocenters. The Balaban J connectivity index is 1.32. The van der Waals surface area contributed by atoms with Crippen molar-refractivity contribution >= 4 is 11.9 Å². The molecule has 3 aliphatic rings. The van der Waals surface area contributed by atoms with Gasteiger partial charge in [0, 0.05) is 17.6 Å². The highest BCUT2D eigenvalue weighted by Crippen LogP contribution is 2.44. The highest BCUT2D eigenvalue weighted by atomic mass is 16.6. The Hall–Kier alpha value is -3.02. The van der Waals surface area contributed by atoms with E-state index in [0.29, 0.717) is 41.8 Å². The number of ether oxygens (including phenoxy) is 3. The number of hydrogen-bond acceptors (Lipinski definition) is 5. The van der Waals surface area contributed by atoms with Crippen LogP contribution in [0.25, 0.3) is 0 Å². The first-order valence-electron chi connectivity index (χ1n) is 10.5. The van der Waals surface area contributed by atoms with Crippen molar-refractivity contribution in [1.82, 2.24) is 4.90 Å². The van der Waals surface area contributed by atoms with Gasteiger partial charge in [0.05, 0.1) is 12.7 Å². The monoisotopic (exact) mass is 407 g/mol. The van der Waals surface area contributed by atoms with Gasteiger partial charge in [-0.15, -0.1) is 0 Å². The fourth-order valence-corrected chi connectivity index (χ4v) is 5.12. The van der Waals surface area contributed by atoms with E-state index in [-0.39, 0.29) is 24.0 Å². The summed E-state index contributed by atoms with van der Waals surface area (Å²) < 4.78 is 16.0. The van der Waals surface area contributed by atoms with Crippen LogP contribution in [0.4, 0.5) is 0 Å². The topological polar surface area (TPSA) is 65.1 Å². The molecule has 2 fully saturated rings. The van der Waals surface area contributed by atoms with Crippen molar-refractivity contribution in [3.63, 3.8) is 0 Å². The van der Waals surface area contributed by atoms with E-state index in [0.717, 1.165) is 25.7 Å². The summed E-state index contributed by atoms with van der Waals surface area (Å²) in [7, 11) is 1.39. The molecule has 156 valence electrons. The Morgan fingerprint density at radius 2 is 1.53 bits per heavy atom. The van der Waals surface area contributed by atoms with Crippen LogP contribution in [0.1, 0.15) is 57.9 Å². The summed E-state index contributed by atoms with van der Waals surface area (Å²) in [5, 5.41) is 0. The van der Waals surface area contributed by atoms with Gasteiger partial charge in [-0.3, -0.25) is 4.79 Å². The van der Waals surface area contributed by atoms with Crippen LogP contribution in [-0.4, -0.2) is 49.2 Å². The van der Waals surface area contributed by atoms with E-state index >= 15 is 0 Å². The number of carbonyl (C=O) groups excluding carboxylic acids is 2. The third-order valence-electron chi connectivity index (χ3n) is 6.56. The smallest absolute Gasteiger partial charge is 0.337 e. The average Bonchev–Trinajstić information content (AvgIpc) is 3.06. The molecule has 30 heavy (non-hydrogen) atoms. The molecule has 0 aromatic heterocycles. The first kappa shape index (κ1) is 19.0. The number of piperidine rings is 1. The molecule has 1 amide bonds. The molecule has 2 saturated heterocycles. The lowest BCUT2D eigenvalue weighted by atomic mass is 9.84. The number of carbonyl (C=O) groups is 2. The number of amides is 1. The zero-order chi connectivity index (χ0) is 20.7. The van der Waals surface area contributed by atoms with Crippen LogP contribution in [0, 0.1) is 0 Å². The minimum Gasteiger partial charge on any atom is -0.486 e. The number of benzene rings is 2. The fourth-order valence-electron chi connectivity index (χ4n) is 5.12. The average molecular weight is 407 g/mol. The SMILES string of the molecule is COC(=O)c1ccc(C2C[C@H]3CC[C@@H](C2)N3C(=O)c2ccc3c(c2)OCCO3)cc1. The van der Waals surface area contributed by atoms with Crippen molar-refractivity contribution < 1.29 is 23.8 Å². The normalized spacial score (nSPS) is 24.4. The molecule has 0 spiro atoms. The van der Waals surface area contributed by atoms with Crippen LogP contribution in [0.3, 0.4) is 0 Å². The van der Waals surface area contributed by atoms with Gasteiger partial charge in [-0.1, -0.05) is 12.1 Å². The molecule has 0 N–H and O–H groups in total. The van der Waals surface area contributed by atoms with Crippen molar-refractivity contribution in [2.45, 2.75) is 43.7 Å². The molecule has 0 radical (unpaired) electrons. The quantitative estimate of drug-likeness (QED) is 0.725. The van der Waals surface area contributed by atoms with Crippen LogP contribution in [-0.2, 0) is 4.74 Å². The van der Waals surface area contributed by atoms with E-state index < -0.39 is 0 Å². The number of rotatable bonds is 3. The van der Waals surface area contributed by atoms with E-state index in [2.05, 4.69) is 4.90 Å². The van der Waals surface area contributed by atoms with Gasteiger partial charge in [0.15, 0.2) is 11.5 Å². The maximum atomic E-state index is 13.3. The minimum atomic E-state index is -0.318. The molecular formula is C24H25NO5. The summed E-state index contributed by atoms with van der Waals surface area (Å²) in [4.78, 5) is 27.1. The molecule has 2 bridgehead atoms. The first-order chi connectivity index (χ1) is 14.6. The van der Waals surface area contributed by atoms with Gasteiger partial charge in [-0.05, 0) is 67.5 Å². The minimum absolute atomic E-state index is 0.0824. The lowest BCUT2D eigenvalue weighted by Crippen LogP contribution is -2.46. The summed E-state index contributed by atoms with van der Waals surface area (Å²) in [6.07, 6.45) is 3.98. The lowest BCUT2D eigenvalue weighted by Gasteiger charge is -2.39. The van der Waals surface area contributed by atoms with Crippen molar-refractivity contribution in [1.29, 1.82) is 0 Å². The number of nitrogens with zero attached hydrogens (tertiary/aromatic N) is 1. The standard InChI is InChI=1S/C24H25NO5/c1-28-24(27)16-4-2-15(3-5-16)18-12-19-7-8-20(13-18)25(19)23(26)17-6-9-21-22(14-17)30-11-10-29-21/h2-6,9,14,18-20H,7-8,10-13H2,1H3/t18?,19-,20+. The molecular weight excluding hydrogens is 382 g/mol. The van der Waals surface area contributed by atoms with Gasteiger partial charge in [0.2, 0.25) is 0 Å². The first-order valence-corrected chi connectivity index (χ1v) is 10.5. The Bertz CT molecular complexity index is 956. The summed E-state index contributed by atoms with van der Waals surface area (Å²) in [6, 6.07) is 13.7.